The molecular formula is C21H22N4O2S. The van der Waals surface area contributed by atoms with Crippen molar-refractivity contribution in [2.75, 3.05) is 6.54 Å². The Kier molecular flexibility index (Phi) is 4.60. The molecule has 0 unspecified atom stereocenters. The summed E-state index contributed by atoms with van der Waals surface area (Å²) in [6.07, 6.45) is 5.31. The number of nitrogens with zero attached hydrogens (tertiary/aromatic N) is 3. The van der Waals surface area contributed by atoms with E-state index in [9.17, 15) is 4.79 Å². The van der Waals surface area contributed by atoms with Gasteiger partial charge in [-0.15, -0.1) is 21.5 Å². The number of benzene rings is 1. The van der Waals surface area contributed by atoms with Gasteiger partial charge in [0.25, 0.3) is 5.91 Å². The molecule has 2 aliphatic heterocycles. The number of para-hydroxylation sites is 1. The maximum atomic E-state index is 12.7. The quantitative estimate of drug-likeness (QED) is 0.734. The number of ether oxygens (including phenoxy) is 1. The van der Waals surface area contributed by atoms with E-state index in [4.69, 9.17) is 4.74 Å². The van der Waals surface area contributed by atoms with E-state index in [1.165, 1.54) is 30.6 Å². The molecule has 4 heterocycles. The SMILES string of the molecule is O=C(NCCc1nnc2n1CCCCC2)c1cc2c(s1)-c1ccccc1OC2. The van der Waals surface area contributed by atoms with Crippen LogP contribution in [0.3, 0.4) is 0 Å². The van der Waals surface area contributed by atoms with E-state index in [0.717, 1.165) is 51.2 Å². The lowest BCUT2D eigenvalue weighted by Gasteiger charge is -2.16. The fourth-order valence-corrected chi connectivity index (χ4v) is 5.03. The van der Waals surface area contributed by atoms with Crippen molar-refractivity contribution in [2.45, 2.75) is 45.3 Å². The molecule has 144 valence electrons. The van der Waals surface area contributed by atoms with Gasteiger partial charge in [-0.25, -0.2) is 0 Å². The number of hydrogen-bond acceptors (Lipinski definition) is 5. The van der Waals surface area contributed by atoms with Crippen LogP contribution in [0.4, 0.5) is 0 Å². The third kappa shape index (κ3) is 3.20. The first-order valence-corrected chi connectivity index (χ1v) is 10.7. The molecule has 0 radical (unpaired) electrons. The summed E-state index contributed by atoms with van der Waals surface area (Å²) in [6.45, 7) is 2.07. The van der Waals surface area contributed by atoms with Crippen molar-refractivity contribution >= 4 is 17.2 Å². The molecule has 2 aromatic heterocycles. The summed E-state index contributed by atoms with van der Waals surface area (Å²) in [7, 11) is 0. The van der Waals surface area contributed by atoms with E-state index in [0.29, 0.717) is 19.6 Å². The third-order valence-corrected chi connectivity index (χ3v) is 6.58. The van der Waals surface area contributed by atoms with Gasteiger partial charge in [-0.05, 0) is 31.0 Å². The number of nitrogens with one attached hydrogen (secondary N) is 1. The summed E-state index contributed by atoms with van der Waals surface area (Å²) in [5.74, 6) is 2.91. The smallest absolute Gasteiger partial charge is 0.261 e. The Labute approximate surface area is 167 Å². The number of rotatable bonds is 4. The molecule has 0 saturated carbocycles. The predicted molar refractivity (Wildman–Crippen MR) is 108 cm³/mol. The van der Waals surface area contributed by atoms with Crippen molar-refractivity contribution in [1.29, 1.82) is 0 Å². The first-order valence-electron chi connectivity index (χ1n) is 9.83. The highest BCUT2D eigenvalue weighted by Crippen LogP contribution is 2.42. The summed E-state index contributed by atoms with van der Waals surface area (Å²) in [5.41, 5.74) is 2.15. The van der Waals surface area contributed by atoms with Crippen molar-refractivity contribution in [3.8, 4) is 16.2 Å². The Balaban J connectivity index is 1.25. The maximum Gasteiger partial charge on any atom is 0.261 e. The number of carbonyl (C=O) groups is 1. The van der Waals surface area contributed by atoms with Gasteiger partial charge in [-0.2, -0.15) is 0 Å². The van der Waals surface area contributed by atoms with Gasteiger partial charge in [0.05, 0.1) is 4.88 Å². The minimum Gasteiger partial charge on any atom is -0.488 e. The number of amides is 1. The van der Waals surface area contributed by atoms with Crippen LogP contribution in [-0.4, -0.2) is 27.2 Å². The standard InChI is InChI=1S/C21H22N4O2S/c26-21(22-10-9-19-24-23-18-8-2-1-5-11-25(18)19)17-12-14-13-27-16-7-4-3-6-15(16)20(14)28-17/h3-4,6-7,12H,1-2,5,8-11,13H2,(H,22,26). The van der Waals surface area contributed by atoms with Gasteiger partial charge in [0.1, 0.15) is 24.0 Å². The molecule has 0 spiro atoms. The second-order valence-corrected chi connectivity index (χ2v) is 8.30. The highest BCUT2D eigenvalue weighted by Gasteiger charge is 2.22. The molecule has 2 aliphatic rings. The zero-order chi connectivity index (χ0) is 18.9. The molecule has 1 N–H and O–H groups in total. The van der Waals surface area contributed by atoms with Crippen molar-refractivity contribution in [3.63, 3.8) is 0 Å². The monoisotopic (exact) mass is 394 g/mol. The van der Waals surface area contributed by atoms with E-state index < -0.39 is 0 Å². The van der Waals surface area contributed by atoms with Gasteiger partial charge in [0.15, 0.2) is 0 Å². The minimum atomic E-state index is -0.0347. The average molecular weight is 395 g/mol. The normalized spacial score (nSPS) is 15.0. The van der Waals surface area contributed by atoms with Gasteiger partial charge in [0, 0.05) is 41.9 Å². The second kappa shape index (κ2) is 7.39. The molecule has 28 heavy (non-hydrogen) atoms. The van der Waals surface area contributed by atoms with Crippen LogP contribution in [0, 0.1) is 0 Å². The number of fused-ring (bicyclic) bond motifs is 4. The van der Waals surface area contributed by atoms with Crippen LogP contribution < -0.4 is 10.1 Å². The largest absolute Gasteiger partial charge is 0.488 e. The molecule has 1 aromatic carbocycles. The van der Waals surface area contributed by atoms with Crippen LogP contribution in [0.2, 0.25) is 0 Å². The Morgan fingerprint density at radius 1 is 1.21 bits per heavy atom. The highest BCUT2D eigenvalue weighted by molar-refractivity contribution is 7.17. The number of carbonyl (C=O) groups excluding carboxylic acids is 1. The van der Waals surface area contributed by atoms with Gasteiger partial charge in [-0.1, -0.05) is 18.6 Å². The Morgan fingerprint density at radius 2 is 2.14 bits per heavy atom. The highest BCUT2D eigenvalue weighted by atomic mass is 32.1. The molecule has 3 aromatic rings. The van der Waals surface area contributed by atoms with Crippen molar-refractivity contribution in [2.24, 2.45) is 0 Å². The Hall–Kier alpha value is -2.67. The van der Waals surface area contributed by atoms with Gasteiger partial charge in [0.2, 0.25) is 0 Å². The lowest BCUT2D eigenvalue weighted by atomic mass is 10.1. The van der Waals surface area contributed by atoms with Crippen LogP contribution in [0.25, 0.3) is 10.4 Å². The molecule has 0 saturated heterocycles. The second-order valence-electron chi connectivity index (χ2n) is 7.25. The van der Waals surface area contributed by atoms with Gasteiger partial charge < -0.3 is 14.6 Å². The average Bonchev–Trinajstić information content (AvgIpc) is 3.25. The molecule has 0 atom stereocenters. The van der Waals surface area contributed by atoms with E-state index in [1.807, 2.05) is 30.3 Å². The van der Waals surface area contributed by atoms with E-state index >= 15 is 0 Å². The summed E-state index contributed by atoms with van der Waals surface area (Å²) in [5, 5.41) is 11.7. The van der Waals surface area contributed by atoms with Crippen molar-refractivity contribution < 1.29 is 9.53 Å². The van der Waals surface area contributed by atoms with Gasteiger partial charge >= 0.3 is 0 Å². The van der Waals surface area contributed by atoms with Crippen LogP contribution >= 0.6 is 11.3 Å². The lowest BCUT2D eigenvalue weighted by Crippen LogP contribution is -2.26. The fraction of sp³-hybridized carbons (Fsp3) is 0.381. The van der Waals surface area contributed by atoms with Crippen molar-refractivity contribution in [3.05, 3.63) is 52.4 Å². The van der Waals surface area contributed by atoms with Crippen LogP contribution in [0.1, 0.15) is 46.1 Å². The number of thiophene rings is 1. The Morgan fingerprint density at radius 3 is 3.11 bits per heavy atom. The molecular weight excluding hydrogens is 372 g/mol. The summed E-state index contributed by atoms with van der Waals surface area (Å²) in [6, 6.07) is 9.94. The minimum absolute atomic E-state index is 0.0347. The summed E-state index contributed by atoms with van der Waals surface area (Å²) in [4.78, 5) is 14.5. The zero-order valence-electron chi connectivity index (χ0n) is 15.6. The third-order valence-electron chi connectivity index (χ3n) is 5.37. The van der Waals surface area contributed by atoms with E-state index in [-0.39, 0.29) is 5.91 Å². The molecule has 1 amide bonds. The Bertz CT molecular complexity index is 1020. The summed E-state index contributed by atoms with van der Waals surface area (Å²) < 4.78 is 8.03. The van der Waals surface area contributed by atoms with E-state index in [1.54, 1.807) is 0 Å². The number of aromatic nitrogens is 3. The van der Waals surface area contributed by atoms with Crippen molar-refractivity contribution in [1.82, 2.24) is 20.1 Å². The maximum absolute atomic E-state index is 12.7. The van der Waals surface area contributed by atoms with E-state index in [2.05, 4.69) is 20.1 Å². The molecule has 7 heteroatoms. The molecule has 0 fully saturated rings. The lowest BCUT2D eigenvalue weighted by molar-refractivity contribution is 0.0958. The molecule has 5 rings (SSSR count). The fourth-order valence-electron chi connectivity index (χ4n) is 3.92. The van der Waals surface area contributed by atoms with Crippen LogP contribution in [0.5, 0.6) is 5.75 Å². The molecule has 6 nitrogen and oxygen atoms in total. The zero-order valence-corrected chi connectivity index (χ0v) is 16.4. The summed E-state index contributed by atoms with van der Waals surface area (Å²) >= 11 is 1.53. The van der Waals surface area contributed by atoms with Crippen LogP contribution in [-0.2, 0) is 26.0 Å². The molecule has 0 aliphatic carbocycles. The number of aryl methyl sites for hydroxylation is 1. The predicted octanol–water partition coefficient (Wildman–Crippen LogP) is 3.60. The first-order chi connectivity index (χ1) is 13.8. The molecule has 0 bridgehead atoms. The van der Waals surface area contributed by atoms with Crippen LogP contribution in [0.15, 0.2) is 30.3 Å². The van der Waals surface area contributed by atoms with Gasteiger partial charge in [-0.3, -0.25) is 4.79 Å². The topological polar surface area (TPSA) is 69.0 Å². The first kappa shape index (κ1) is 17.4. The number of hydrogen-bond donors (Lipinski definition) is 1.